The number of ether oxygens (including phenoxy) is 1. The first-order valence-corrected chi connectivity index (χ1v) is 5.90. The van der Waals surface area contributed by atoms with Crippen LogP contribution in [0.4, 0.5) is 0 Å². The van der Waals surface area contributed by atoms with E-state index < -0.39 is 5.79 Å². The Morgan fingerprint density at radius 2 is 2.07 bits per heavy atom. The van der Waals surface area contributed by atoms with Gasteiger partial charge in [-0.1, -0.05) is 11.6 Å². The van der Waals surface area contributed by atoms with E-state index in [0.29, 0.717) is 11.8 Å². The van der Waals surface area contributed by atoms with Gasteiger partial charge < -0.3 is 9.84 Å². The first kappa shape index (κ1) is 11.2. The zero-order valence-electron chi connectivity index (χ0n) is 10.2. The van der Waals surface area contributed by atoms with Crippen LogP contribution < -0.4 is 0 Å². The van der Waals surface area contributed by atoms with Gasteiger partial charge in [-0.05, 0) is 52.4 Å². The maximum absolute atomic E-state index is 10.1. The molecule has 15 heavy (non-hydrogen) atoms. The van der Waals surface area contributed by atoms with E-state index in [2.05, 4.69) is 26.8 Å². The smallest absolute Gasteiger partial charge is 0.163 e. The van der Waals surface area contributed by atoms with Crippen LogP contribution in [0, 0.1) is 11.8 Å². The van der Waals surface area contributed by atoms with Crippen molar-refractivity contribution in [3.05, 3.63) is 11.6 Å². The van der Waals surface area contributed by atoms with Gasteiger partial charge in [-0.25, -0.2) is 0 Å². The first-order valence-electron chi connectivity index (χ1n) is 5.90. The van der Waals surface area contributed by atoms with Gasteiger partial charge in [-0.15, -0.1) is 0 Å². The van der Waals surface area contributed by atoms with Crippen LogP contribution in [0.2, 0.25) is 0 Å². The molecule has 1 heterocycles. The van der Waals surface area contributed by atoms with Crippen LogP contribution in [0.25, 0.3) is 0 Å². The fourth-order valence-corrected chi connectivity index (χ4v) is 3.35. The SMILES string of the molecule is CC1=C[C@H]2C[C@](C)(O)OC(C)(C)[C@@H]2CC1. The average Bonchev–Trinajstić information content (AvgIpc) is 1.97. The predicted octanol–water partition coefficient (Wildman–Crippen LogP) is 2.87. The molecule has 1 aliphatic heterocycles. The quantitative estimate of drug-likeness (QED) is 0.623. The minimum atomic E-state index is -0.960. The lowest BCUT2D eigenvalue weighted by Gasteiger charge is -2.50. The summed E-state index contributed by atoms with van der Waals surface area (Å²) in [6.45, 7) is 8.18. The van der Waals surface area contributed by atoms with Crippen LogP contribution in [0.5, 0.6) is 0 Å². The predicted molar refractivity (Wildman–Crippen MR) is 60.4 cm³/mol. The van der Waals surface area contributed by atoms with E-state index in [1.807, 2.05) is 0 Å². The lowest BCUT2D eigenvalue weighted by molar-refractivity contribution is -0.299. The van der Waals surface area contributed by atoms with Crippen molar-refractivity contribution in [2.45, 2.75) is 58.3 Å². The lowest BCUT2D eigenvalue weighted by Crippen LogP contribution is -2.53. The maximum atomic E-state index is 10.1. The van der Waals surface area contributed by atoms with Crippen molar-refractivity contribution >= 4 is 0 Å². The molecule has 1 fully saturated rings. The summed E-state index contributed by atoms with van der Waals surface area (Å²) in [5.74, 6) is 0.0811. The second-order valence-electron chi connectivity index (χ2n) is 5.91. The summed E-state index contributed by atoms with van der Waals surface area (Å²) >= 11 is 0. The summed E-state index contributed by atoms with van der Waals surface area (Å²) in [6, 6.07) is 0. The number of fused-ring (bicyclic) bond motifs is 1. The van der Waals surface area contributed by atoms with Crippen molar-refractivity contribution < 1.29 is 9.84 Å². The van der Waals surface area contributed by atoms with Gasteiger partial charge in [0.25, 0.3) is 0 Å². The fraction of sp³-hybridized carbons (Fsp3) is 0.846. The van der Waals surface area contributed by atoms with E-state index in [-0.39, 0.29) is 5.60 Å². The molecule has 1 saturated heterocycles. The Hall–Kier alpha value is -0.340. The van der Waals surface area contributed by atoms with E-state index in [1.54, 1.807) is 6.92 Å². The van der Waals surface area contributed by atoms with Crippen molar-refractivity contribution in [2.75, 3.05) is 0 Å². The van der Waals surface area contributed by atoms with Gasteiger partial charge in [0, 0.05) is 6.42 Å². The molecule has 1 N–H and O–H groups in total. The van der Waals surface area contributed by atoms with E-state index in [9.17, 15) is 5.11 Å². The summed E-state index contributed by atoms with van der Waals surface area (Å²) < 4.78 is 5.79. The number of hydrogen-bond acceptors (Lipinski definition) is 2. The molecule has 0 aromatic rings. The number of allylic oxidation sites excluding steroid dienone is 2. The molecule has 0 spiro atoms. The molecule has 2 heteroatoms. The highest BCUT2D eigenvalue weighted by Gasteiger charge is 2.48. The zero-order chi connectivity index (χ0) is 11.3. The molecule has 0 unspecified atom stereocenters. The highest BCUT2D eigenvalue weighted by molar-refractivity contribution is 5.12. The highest BCUT2D eigenvalue weighted by atomic mass is 16.6. The fourth-order valence-electron chi connectivity index (χ4n) is 3.35. The van der Waals surface area contributed by atoms with Crippen molar-refractivity contribution in [2.24, 2.45) is 11.8 Å². The Kier molecular flexibility index (Phi) is 2.47. The largest absolute Gasteiger partial charge is 0.366 e. The topological polar surface area (TPSA) is 29.5 Å². The molecule has 3 atom stereocenters. The molecule has 2 nitrogen and oxygen atoms in total. The Balaban J connectivity index is 2.28. The first-order chi connectivity index (χ1) is 6.80. The van der Waals surface area contributed by atoms with Gasteiger partial charge in [0.15, 0.2) is 5.79 Å². The van der Waals surface area contributed by atoms with Crippen LogP contribution >= 0.6 is 0 Å². The van der Waals surface area contributed by atoms with E-state index in [1.165, 1.54) is 18.4 Å². The minimum absolute atomic E-state index is 0.205. The van der Waals surface area contributed by atoms with Gasteiger partial charge in [0.2, 0.25) is 0 Å². The van der Waals surface area contributed by atoms with Crippen molar-refractivity contribution in [1.82, 2.24) is 0 Å². The molecule has 1 aliphatic carbocycles. The third-order valence-electron chi connectivity index (χ3n) is 3.86. The average molecular weight is 210 g/mol. The summed E-state index contributed by atoms with van der Waals surface area (Å²) in [6.07, 6.45) is 5.44. The van der Waals surface area contributed by atoms with Crippen LogP contribution in [-0.4, -0.2) is 16.5 Å². The Morgan fingerprint density at radius 1 is 1.40 bits per heavy atom. The molecular weight excluding hydrogens is 188 g/mol. The van der Waals surface area contributed by atoms with Crippen molar-refractivity contribution in [3.8, 4) is 0 Å². The van der Waals surface area contributed by atoms with E-state index in [4.69, 9.17) is 4.74 Å². The Bertz CT molecular complexity index is 289. The normalized spacial score (nSPS) is 44.5. The van der Waals surface area contributed by atoms with Gasteiger partial charge in [-0.3, -0.25) is 0 Å². The molecule has 0 radical (unpaired) electrons. The molecule has 0 saturated carbocycles. The number of aliphatic hydroxyl groups is 1. The van der Waals surface area contributed by atoms with Gasteiger partial charge in [0.05, 0.1) is 5.60 Å². The standard InChI is InChI=1S/C13H22O2/c1-9-5-6-11-10(7-9)8-13(4,14)15-12(11,2)3/h7,10-11,14H,5-6,8H2,1-4H3/t10-,11+,13+/m0/s1. The van der Waals surface area contributed by atoms with Gasteiger partial charge >= 0.3 is 0 Å². The molecular formula is C13H22O2. The van der Waals surface area contributed by atoms with E-state index in [0.717, 1.165) is 6.42 Å². The van der Waals surface area contributed by atoms with Crippen molar-refractivity contribution in [1.29, 1.82) is 0 Å². The van der Waals surface area contributed by atoms with Gasteiger partial charge in [-0.2, -0.15) is 0 Å². The lowest BCUT2D eigenvalue weighted by atomic mass is 9.68. The maximum Gasteiger partial charge on any atom is 0.163 e. The Morgan fingerprint density at radius 3 is 2.73 bits per heavy atom. The molecule has 0 aromatic carbocycles. The molecule has 0 amide bonds. The summed E-state index contributed by atoms with van der Waals surface area (Å²) in [4.78, 5) is 0. The molecule has 0 aromatic heterocycles. The summed E-state index contributed by atoms with van der Waals surface area (Å²) in [5.41, 5.74) is 1.26. The highest BCUT2D eigenvalue weighted by Crippen LogP contribution is 2.47. The minimum Gasteiger partial charge on any atom is -0.366 e. The second kappa shape index (κ2) is 3.33. The van der Waals surface area contributed by atoms with Crippen LogP contribution in [0.1, 0.15) is 47.0 Å². The summed E-state index contributed by atoms with van der Waals surface area (Å²) in [7, 11) is 0. The molecule has 86 valence electrons. The third-order valence-corrected chi connectivity index (χ3v) is 3.86. The van der Waals surface area contributed by atoms with Crippen LogP contribution in [-0.2, 0) is 4.74 Å². The summed E-state index contributed by atoms with van der Waals surface area (Å²) in [5, 5.41) is 10.1. The zero-order valence-corrected chi connectivity index (χ0v) is 10.2. The van der Waals surface area contributed by atoms with Crippen LogP contribution in [0.15, 0.2) is 11.6 Å². The van der Waals surface area contributed by atoms with Crippen molar-refractivity contribution in [3.63, 3.8) is 0 Å². The van der Waals surface area contributed by atoms with E-state index >= 15 is 0 Å². The number of rotatable bonds is 0. The molecule has 2 aliphatic rings. The molecule has 0 bridgehead atoms. The number of hydrogen-bond donors (Lipinski definition) is 1. The Labute approximate surface area is 92.3 Å². The monoisotopic (exact) mass is 210 g/mol. The molecule has 2 rings (SSSR count). The second-order valence-corrected chi connectivity index (χ2v) is 5.91. The third kappa shape index (κ3) is 2.11. The van der Waals surface area contributed by atoms with Crippen LogP contribution in [0.3, 0.4) is 0 Å². The van der Waals surface area contributed by atoms with Gasteiger partial charge in [0.1, 0.15) is 0 Å².